The van der Waals surface area contributed by atoms with Crippen LogP contribution in [0.3, 0.4) is 0 Å². The summed E-state index contributed by atoms with van der Waals surface area (Å²) in [4.78, 5) is 22.2. The standard InChI is InChI=1S/C23H27FN4O4/c1-23(2)13-27(8-9-32-23)21-20-18(31-12-14-11-25-6-7-28(14)22(20)30)10-16(26-21)19-15(24)4-3-5-17(19)29/h3-5,10,14,25,29H,6-9,11-13H2,1-2H3/t14-/m1/s1. The molecule has 5 rings (SSSR count). The molecule has 1 atom stereocenters. The van der Waals surface area contributed by atoms with Crippen LogP contribution in [0.5, 0.6) is 11.5 Å². The lowest BCUT2D eigenvalue weighted by molar-refractivity contribution is -0.0279. The van der Waals surface area contributed by atoms with Crippen molar-refractivity contribution in [3.8, 4) is 22.8 Å². The minimum Gasteiger partial charge on any atom is -0.507 e. The van der Waals surface area contributed by atoms with Gasteiger partial charge in [0.2, 0.25) is 0 Å². The van der Waals surface area contributed by atoms with Gasteiger partial charge in [-0.25, -0.2) is 9.37 Å². The molecule has 0 unspecified atom stereocenters. The van der Waals surface area contributed by atoms with Crippen molar-refractivity contribution >= 4 is 11.7 Å². The predicted octanol–water partition coefficient (Wildman–Crippen LogP) is 2.01. The van der Waals surface area contributed by atoms with E-state index >= 15 is 0 Å². The number of amides is 1. The van der Waals surface area contributed by atoms with Crippen LogP contribution in [0.4, 0.5) is 10.2 Å². The average Bonchev–Trinajstić information content (AvgIpc) is 2.90. The third-order valence-corrected chi connectivity index (χ3v) is 6.19. The number of pyridine rings is 1. The molecule has 1 aromatic heterocycles. The minimum absolute atomic E-state index is 0.0104. The number of piperazine rings is 1. The lowest BCUT2D eigenvalue weighted by atomic mass is 10.0. The predicted molar refractivity (Wildman–Crippen MR) is 117 cm³/mol. The number of ether oxygens (including phenoxy) is 2. The second kappa shape index (κ2) is 7.90. The number of hydrogen-bond donors (Lipinski definition) is 2. The number of hydrogen-bond acceptors (Lipinski definition) is 7. The molecule has 8 nitrogen and oxygen atoms in total. The van der Waals surface area contributed by atoms with Crippen LogP contribution in [0.15, 0.2) is 24.3 Å². The highest BCUT2D eigenvalue weighted by Crippen LogP contribution is 2.40. The maximum absolute atomic E-state index is 14.7. The van der Waals surface area contributed by atoms with E-state index in [1.807, 2.05) is 23.6 Å². The van der Waals surface area contributed by atoms with Gasteiger partial charge in [0.1, 0.15) is 35.3 Å². The molecular formula is C23H27FN4O4. The van der Waals surface area contributed by atoms with Crippen LogP contribution >= 0.6 is 0 Å². The number of benzene rings is 1. The van der Waals surface area contributed by atoms with Crippen molar-refractivity contribution < 1.29 is 23.8 Å². The van der Waals surface area contributed by atoms with Crippen molar-refractivity contribution in [2.24, 2.45) is 0 Å². The molecule has 0 aliphatic carbocycles. The van der Waals surface area contributed by atoms with E-state index in [0.29, 0.717) is 63.1 Å². The summed E-state index contributed by atoms with van der Waals surface area (Å²) >= 11 is 0. The number of halogens is 1. The first-order valence-electron chi connectivity index (χ1n) is 10.9. The summed E-state index contributed by atoms with van der Waals surface area (Å²) in [6.07, 6.45) is 0. The highest BCUT2D eigenvalue weighted by atomic mass is 19.1. The number of aromatic nitrogens is 1. The Morgan fingerprint density at radius 2 is 2.12 bits per heavy atom. The Morgan fingerprint density at radius 1 is 1.28 bits per heavy atom. The molecule has 0 saturated carbocycles. The minimum atomic E-state index is -0.590. The number of nitrogens with one attached hydrogen (secondary N) is 1. The van der Waals surface area contributed by atoms with Crippen molar-refractivity contribution in [2.75, 3.05) is 50.8 Å². The molecule has 0 spiro atoms. The third-order valence-electron chi connectivity index (χ3n) is 6.19. The van der Waals surface area contributed by atoms with Crippen LogP contribution in [-0.2, 0) is 4.74 Å². The fourth-order valence-electron chi connectivity index (χ4n) is 4.65. The smallest absolute Gasteiger partial charge is 0.261 e. The topological polar surface area (TPSA) is 87.2 Å². The van der Waals surface area contributed by atoms with E-state index in [2.05, 4.69) is 5.32 Å². The Balaban J connectivity index is 1.69. The maximum atomic E-state index is 14.7. The third kappa shape index (κ3) is 3.65. The highest BCUT2D eigenvalue weighted by molar-refractivity contribution is 6.03. The van der Waals surface area contributed by atoms with Gasteiger partial charge in [-0.1, -0.05) is 6.07 Å². The zero-order valence-electron chi connectivity index (χ0n) is 18.2. The summed E-state index contributed by atoms with van der Waals surface area (Å²) in [7, 11) is 0. The molecule has 3 aliphatic heterocycles. The van der Waals surface area contributed by atoms with Crippen molar-refractivity contribution in [1.29, 1.82) is 0 Å². The number of phenols is 1. The summed E-state index contributed by atoms with van der Waals surface area (Å²) < 4.78 is 26.7. The van der Waals surface area contributed by atoms with Gasteiger partial charge in [-0.15, -0.1) is 0 Å². The molecule has 1 aromatic carbocycles. The van der Waals surface area contributed by atoms with E-state index < -0.39 is 11.4 Å². The van der Waals surface area contributed by atoms with Gasteiger partial charge in [0, 0.05) is 38.8 Å². The van der Waals surface area contributed by atoms with Gasteiger partial charge in [0.25, 0.3) is 5.91 Å². The number of nitrogens with zero attached hydrogens (tertiary/aromatic N) is 3. The fraction of sp³-hybridized carbons (Fsp3) is 0.478. The van der Waals surface area contributed by atoms with E-state index in [1.54, 1.807) is 6.07 Å². The number of carbonyl (C=O) groups excluding carboxylic acids is 1. The van der Waals surface area contributed by atoms with E-state index in [-0.39, 0.29) is 29.0 Å². The van der Waals surface area contributed by atoms with E-state index in [4.69, 9.17) is 14.5 Å². The Hall–Kier alpha value is -2.91. The zero-order chi connectivity index (χ0) is 22.5. The van der Waals surface area contributed by atoms with Gasteiger partial charge in [0.15, 0.2) is 0 Å². The van der Waals surface area contributed by atoms with Crippen molar-refractivity contribution in [2.45, 2.75) is 25.5 Å². The number of rotatable bonds is 2. The lowest BCUT2D eigenvalue weighted by Crippen LogP contribution is -2.55. The van der Waals surface area contributed by atoms with E-state index in [9.17, 15) is 14.3 Å². The number of anilines is 1. The van der Waals surface area contributed by atoms with Crippen LogP contribution in [0.2, 0.25) is 0 Å². The SMILES string of the molecule is CC1(C)CN(c2nc(-c3c(O)cccc3F)cc3c2C(=O)N2CCNC[C@@H]2CO3)CCO1. The first kappa shape index (κ1) is 21.0. The number of morpholine rings is 1. The molecule has 170 valence electrons. The quantitative estimate of drug-likeness (QED) is 0.736. The Kier molecular flexibility index (Phi) is 5.17. The molecule has 2 saturated heterocycles. The van der Waals surface area contributed by atoms with Crippen molar-refractivity contribution in [3.05, 3.63) is 35.6 Å². The molecule has 2 fully saturated rings. The molecular weight excluding hydrogens is 415 g/mol. The molecule has 1 amide bonds. The van der Waals surface area contributed by atoms with Gasteiger partial charge < -0.3 is 29.7 Å². The number of carbonyl (C=O) groups is 1. The van der Waals surface area contributed by atoms with Gasteiger partial charge in [0.05, 0.1) is 29.5 Å². The number of aromatic hydroxyl groups is 1. The first-order valence-corrected chi connectivity index (χ1v) is 10.9. The average molecular weight is 442 g/mol. The van der Waals surface area contributed by atoms with Gasteiger partial charge >= 0.3 is 0 Å². The molecule has 32 heavy (non-hydrogen) atoms. The normalized spacial score (nSPS) is 22.6. The summed E-state index contributed by atoms with van der Waals surface area (Å²) in [6.45, 7) is 7.75. The molecule has 0 radical (unpaired) electrons. The number of phenolic OH excluding ortho intramolecular Hbond substituents is 1. The molecule has 9 heteroatoms. The summed E-state index contributed by atoms with van der Waals surface area (Å²) in [5.41, 5.74) is 0.162. The van der Waals surface area contributed by atoms with E-state index in [0.717, 1.165) is 0 Å². The van der Waals surface area contributed by atoms with E-state index in [1.165, 1.54) is 18.2 Å². The summed E-state index contributed by atoms with van der Waals surface area (Å²) in [5.74, 6) is -0.156. The van der Waals surface area contributed by atoms with Gasteiger partial charge in [-0.05, 0) is 26.0 Å². The summed E-state index contributed by atoms with van der Waals surface area (Å²) in [6, 6.07) is 5.60. The first-order chi connectivity index (χ1) is 15.3. The van der Waals surface area contributed by atoms with Crippen LogP contribution in [0, 0.1) is 5.82 Å². The molecule has 4 heterocycles. The van der Waals surface area contributed by atoms with Crippen molar-refractivity contribution in [1.82, 2.24) is 15.2 Å². The molecule has 2 N–H and O–H groups in total. The lowest BCUT2D eigenvalue weighted by Gasteiger charge is -2.40. The molecule has 0 bridgehead atoms. The van der Waals surface area contributed by atoms with Gasteiger partial charge in [-0.2, -0.15) is 0 Å². The van der Waals surface area contributed by atoms with Crippen LogP contribution < -0.4 is 15.0 Å². The molecule has 2 aromatic rings. The second-order valence-corrected chi connectivity index (χ2v) is 9.04. The van der Waals surface area contributed by atoms with Crippen molar-refractivity contribution in [3.63, 3.8) is 0 Å². The fourth-order valence-corrected chi connectivity index (χ4v) is 4.65. The highest BCUT2D eigenvalue weighted by Gasteiger charge is 2.38. The Bertz CT molecular complexity index is 1040. The Morgan fingerprint density at radius 3 is 2.91 bits per heavy atom. The number of fused-ring (bicyclic) bond motifs is 2. The molecule has 3 aliphatic rings. The Labute approximate surface area is 185 Å². The monoisotopic (exact) mass is 442 g/mol. The second-order valence-electron chi connectivity index (χ2n) is 9.04. The maximum Gasteiger partial charge on any atom is 0.261 e. The van der Waals surface area contributed by atoms with Crippen LogP contribution in [-0.4, -0.2) is 78.5 Å². The zero-order valence-corrected chi connectivity index (χ0v) is 18.2. The summed E-state index contributed by atoms with van der Waals surface area (Å²) in [5, 5.41) is 13.7. The van der Waals surface area contributed by atoms with Crippen LogP contribution in [0.1, 0.15) is 24.2 Å². The van der Waals surface area contributed by atoms with Gasteiger partial charge in [-0.3, -0.25) is 4.79 Å². The largest absolute Gasteiger partial charge is 0.507 e. The van der Waals surface area contributed by atoms with Crippen LogP contribution in [0.25, 0.3) is 11.3 Å².